The first kappa shape index (κ1) is 16.9. The summed E-state index contributed by atoms with van der Waals surface area (Å²) in [5.74, 6) is -0.170. The number of nitrogens with one attached hydrogen (secondary N) is 2. The van der Waals surface area contributed by atoms with E-state index in [4.69, 9.17) is 17.0 Å². The lowest BCUT2D eigenvalue weighted by Crippen LogP contribution is -2.29. The Morgan fingerprint density at radius 2 is 1.91 bits per heavy atom. The molecular weight excluding hydrogens is 329 g/mol. The molecule has 9 heteroatoms. The first-order valence-electron chi connectivity index (χ1n) is 6.62. The first-order chi connectivity index (χ1) is 10.9. The number of aromatic nitrogens is 2. The summed E-state index contributed by atoms with van der Waals surface area (Å²) in [6, 6.07) is 9.09. The molecule has 0 radical (unpaired) electrons. The van der Waals surface area contributed by atoms with E-state index < -0.39 is 11.9 Å². The lowest BCUT2D eigenvalue weighted by molar-refractivity contribution is -0.141. The van der Waals surface area contributed by atoms with Gasteiger partial charge in [0, 0.05) is 12.6 Å². The van der Waals surface area contributed by atoms with Crippen molar-refractivity contribution in [3.63, 3.8) is 0 Å². The maximum Gasteiger partial charge on any atom is 0.433 e. The van der Waals surface area contributed by atoms with E-state index in [-0.39, 0.29) is 16.9 Å². The zero-order valence-corrected chi connectivity index (χ0v) is 12.8. The summed E-state index contributed by atoms with van der Waals surface area (Å²) in [6.45, 7) is 2.31. The minimum absolute atomic E-state index is 0.123. The van der Waals surface area contributed by atoms with Gasteiger partial charge in [-0.15, -0.1) is 0 Å². The van der Waals surface area contributed by atoms with E-state index in [1.54, 1.807) is 37.3 Å². The van der Waals surface area contributed by atoms with Crippen molar-refractivity contribution >= 4 is 23.3 Å². The number of rotatable bonds is 4. The fourth-order valence-corrected chi connectivity index (χ4v) is 1.83. The van der Waals surface area contributed by atoms with Crippen molar-refractivity contribution in [2.24, 2.45) is 0 Å². The third-order valence-electron chi connectivity index (χ3n) is 2.52. The number of thiocarbonyl (C=S) groups is 1. The number of hydrogen-bond acceptors (Lipinski definition) is 4. The van der Waals surface area contributed by atoms with Gasteiger partial charge in [0.05, 0.1) is 0 Å². The first-order valence-corrected chi connectivity index (χ1v) is 7.03. The van der Waals surface area contributed by atoms with Gasteiger partial charge < -0.3 is 15.4 Å². The molecule has 0 saturated heterocycles. The summed E-state index contributed by atoms with van der Waals surface area (Å²) in [7, 11) is 0. The standard InChI is InChI=1S/C14H13F3N4OS/c1-2-18-13(23)21-12-19-10(14(15,16)17)8-11(20-12)22-9-6-4-3-5-7-9/h3-8H,2H2,1H3,(H2,18,19,20,21,23). The Kier molecular flexibility index (Phi) is 5.32. The van der Waals surface area contributed by atoms with Crippen molar-refractivity contribution in [1.29, 1.82) is 0 Å². The summed E-state index contributed by atoms with van der Waals surface area (Å²) in [5.41, 5.74) is -1.12. The third-order valence-corrected chi connectivity index (χ3v) is 2.77. The quantitative estimate of drug-likeness (QED) is 0.828. The third kappa shape index (κ3) is 5.06. The predicted molar refractivity (Wildman–Crippen MR) is 83.4 cm³/mol. The van der Waals surface area contributed by atoms with Crippen LogP contribution in [0.25, 0.3) is 0 Å². The van der Waals surface area contributed by atoms with Crippen LogP contribution < -0.4 is 15.4 Å². The lowest BCUT2D eigenvalue weighted by Gasteiger charge is -2.12. The molecule has 2 rings (SSSR count). The minimum Gasteiger partial charge on any atom is -0.439 e. The summed E-state index contributed by atoms with van der Waals surface area (Å²) >= 11 is 4.92. The van der Waals surface area contributed by atoms with E-state index in [0.717, 1.165) is 6.07 Å². The SMILES string of the molecule is CCNC(=S)Nc1nc(Oc2ccccc2)cc(C(F)(F)F)n1. The van der Waals surface area contributed by atoms with Crippen molar-refractivity contribution in [1.82, 2.24) is 15.3 Å². The van der Waals surface area contributed by atoms with Gasteiger partial charge in [0.25, 0.3) is 0 Å². The highest BCUT2D eigenvalue weighted by Gasteiger charge is 2.34. The number of alkyl halides is 3. The highest BCUT2D eigenvalue weighted by molar-refractivity contribution is 7.80. The number of ether oxygens (including phenoxy) is 1. The zero-order valence-electron chi connectivity index (χ0n) is 12.0. The Hall–Kier alpha value is -2.42. The second-order valence-electron chi connectivity index (χ2n) is 4.31. The molecule has 23 heavy (non-hydrogen) atoms. The molecule has 0 aliphatic rings. The second kappa shape index (κ2) is 7.23. The molecule has 1 aromatic carbocycles. The topological polar surface area (TPSA) is 59.1 Å². The van der Waals surface area contributed by atoms with E-state index >= 15 is 0 Å². The fourth-order valence-electron chi connectivity index (χ4n) is 1.59. The molecule has 1 aromatic heterocycles. The van der Waals surface area contributed by atoms with Crippen molar-refractivity contribution in [3.05, 3.63) is 42.1 Å². The minimum atomic E-state index is -4.63. The number of para-hydroxylation sites is 1. The van der Waals surface area contributed by atoms with Crippen LogP contribution in [0.15, 0.2) is 36.4 Å². The fraction of sp³-hybridized carbons (Fsp3) is 0.214. The largest absolute Gasteiger partial charge is 0.439 e. The van der Waals surface area contributed by atoms with Crippen LogP contribution in [0.3, 0.4) is 0 Å². The lowest BCUT2D eigenvalue weighted by atomic mass is 10.3. The molecule has 5 nitrogen and oxygen atoms in total. The van der Waals surface area contributed by atoms with Crippen LogP contribution in [0.4, 0.5) is 19.1 Å². The van der Waals surface area contributed by atoms with E-state index in [9.17, 15) is 13.2 Å². The Balaban J connectivity index is 2.31. The number of halogens is 3. The molecule has 122 valence electrons. The highest BCUT2D eigenvalue weighted by Crippen LogP contribution is 2.31. The van der Waals surface area contributed by atoms with Crippen molar-refractivity contribution in [3.8, 4) is 11.6 Å². The van der Waals surface area contributed by atoms with Crippen molar-refractivity contribution in [2.45, 2.75) is 13.1 Å². The van der Waals surface area contributed by atoms with Crippen LogP contribution in [-0.4, -0.2) is 21.6 Å². The Morgan fingerprint density at radius 3 is 2.52 bits per heavy atom. The van der Waals surface area contributed by atoms with Crippen LogP contribution in [0.1, 0.15) is 12.6 Å². The van der Waals surface area contributed by atoms with Gasteiger partial charge in [0.1, 0.15) is 5.75 Å². The molecule has 0 atom stereocenters. The van der Waals surface area contributed by atoms with Crippen LogP contribution >= 0.6 is 12.2 Å². The summed E-state index contributed by atoms with van der Waals surface area (Å²) in [4.78, 5) is 7.31. The highest BCUT2D eigenvalue weighted by atomic mass is 32.1. The average Bonchev–Trinajstić information content (AvgIpc) is 2.47. The number of nitrogens with zero attached hydrogens (tertiary/aromatic N) is 2. The monoisotopic (exact) mass is 342 g/mol. The van der Waals surface area contributed by atoms with Gasteiger partial charge in [-0.3, -0.25) is 0 Å². The maximum absolute atomic E-state index is 13.0. The van der Waals surface area contributed by atoms with Crippen LogP contribution in [0, 0.1) is 0 Å². The molecule has 0 aliphatic heterocycles. The van der Waals surface area contributed by atoms with Gasteiger partial charge in [-0.25, -0.2) is 4.98 Å². The molecule has 0 spiro atoms. The van der Waals surface area contributed by atoms with Crippen LogP contribution in [0.5, 0.6) is 11.6 Å². The normalized spacial score (nSPS) is 11.0. The molecule has 0 unspecified atom stereocenters. The van der Waals surface area contributed by atoms with Crippen LogP contribution in [0.2, 0.25) is 0 Å². The summed E-state index contributed by atoms with van der Waals surface area (Å²) < 4.78 is 44.2. The van der Waals surface area contributed by atoms with Gasteiger partial charge in [-0.05, 0) is 31.3 Å². The molecule has 0 amide bonds. The molecule has 0 fully saturated rings. The zero-order chi connectivity index (χ0) is 16.9. The van der Waals surface area contributed by atoms with E-state index in [2.05, 4.69) is 20.6 Å². The van der Waals surface area contributed by atoms with E-state index in [1.165, 1.54) is 0 Å². The maximum atomic E-state index is 13.0. The molecule has 0 aliphatic carbocycles. The van der Waals surface area contributed by atoms with E-state index in [0.29, 0.717) is 12.3 Å². The van der Waals surface area contributed by atoms with Gasteiger partial charge >= 0.3 is 6.18 Å². The molecule has 2 N–H and O–H groups in total. The van der Waals surface area contributed by atoms with Gasteiger partial charge in [0.2, 0.25) is 11.8 Å². The molecule has 0 bridgehead atoms. The van der Waals surface area contributed by atoms with E-state index in [1.807, 2.05) is 0 Å². The summed E-state index contributed by atoms with van der Waals surface area (Å²) in [5, 5.41) is 5.36. The number of anilines is 1. The number of benzene rings is 1. The Morgan fingerprint density at radius 1 is 1.22 bits per heavy atom. The second-order valence-corrected chi connectivity index (χ2v) is 4.72. The molecule has 1 heterocycles. The Bertz CT molecular complexity index is 679. The average molecular weight is 342 g/mol. The van der Waals surface area contributed by atoms with Crippen molar-refractivity contribution in [2.75, 3.05) is 11.9 Å². The van der Waals surface area contributed by atoms with Gasteiger partial charge in [-0.2, -0.15) is 18.2 Å². The van der Waals surface area contributed by atoms with Crippen LogP contribution in [-0.2, 0) is 6.18 Å². The number of hydrogen-bond donors (Lipinski definition) is 2. The Labute approximate surface area is 135 Å². The molecule has 0 saturated carbocycles. The van der Waals surface area contributed by atoms with Crippen molar-refractivity contribution < 1.29 is 17.9 Å². The molecular formula is C14H13F3N4OS. The van der Waals surface area contributed by atoms with Gasteiger partial charge in [0.15, 0.2) is 10.8 Å². The predicted octanol–water partition coefficient (Wildman–Crippen LogP) is 3.59. The summed E-state index contributed by atoms with van der Waals surface area (Å²) in [6.07, 6.45) is -4.63. The molecule has 2 aromatic rings. The van der Waals surface area contributed by atoms with Gasteiger partial charge in [-0.1, -0.05) is 18.2 Å². The smallest absolute Gasteiger partial charge is 0.433 e.